The van der Waals surface area contributed by atoms with Crippen molar-refractivity contribution in [2.45, 2.75) is 0 Å². The number of hydrogen-bond acceptors (Lipinski definition) is 4. The van der Waals surface area contributed by atoms with E-state index in [4.69, 9.17) is 0 Å². The number of rotatable bonds is 0. The second-order valence-corrected chi connectivity index (χ2v) is 2.29. The van der Waals surface area contributed by atoms with Crippen molar-refractivity contribution in [2.24, 2.45) is 10.1 Å². The molecule has 0 bridgehead atoms. The Kier molecular flexibility index (Phi) is 5.38. The molecule has 0 aromatic heterocycles. The summed E-state index contributed by atoms with van der Waals surface area (Å²) in [5.74, 6) is 0. The van der Waals surface area contributed by atoms with E-state index in [1.54, 1.807) is 31.0 Å². The lowest BCUT2D eigenvalue weighted by atomic mass is 10.5. The summed E-state index contributed by atoms with van der Waals surface area (Å²) in [6.45, 7) is 0. The van der Waals surface area contributed by atoms with Crippen molar-refractivity contribution in [3.8, 4) is 0 Å². The third kappa shape index (κ3) is 5.54. The third-order valence-electron chi connectivity index (χ3n) is 1.25. The van der Waals surface area contributed by atoms with Gasteiger partial charge in [0.15, 0.2) is 0 Å². The number of aliphatic imine (C=N–C) groups is 1. The van der Waals surface area contributed by atoms with Crippen LogP contribution in [0.25, 0.3) is 0 Å². The van der Waals surface area contributed by atoms with Gasteiger partial charge in [-0.1, -0.05) is 6.08 Å². The van der Waals surface area contributed by atoms with Gasteiger partial charge in [-0.3, -0.25) is 10.4 Å². The van der Waals surface area contributed by atoms with Crippen LogP contribution in [-0.4, -0.2) is 12.4 Å². The Morgan fingerprint density at radius 3 is 2.79 bits per heavy atom. The van der Waals surface area contributed by atoms with Crippen molar-refractivity contribution < 1.29 is 0 Å². The SMILES string of the molecule is C1=CC=NNC=C1.C1=CNC=CN=C1. The van der Waals surface area contributed by atoms with E-state index in [0.717, 1.165) is 0 Å². The van der Waals surface area contributed by atoms with Crippen molar-refractivity contribution in [3.63, 3.8) is 0 Å². The van der Waals surface area contributed by atoms with Crippen LogP contribution in [0.4, 0.5) is 0 Å². The van der Waals surface area contributed by atoms with E-state index in [1.165, 1.54) is 0 Å². The zero-order valence-electron chi connectivity index (χ0n) is 7.67. The summed E-state index contributed by atoms with van der Waals surface area (Å²) in [5, 5.41) is 6.58. The molecule has 0 fully saturated rings. The average molecular weight is 188 g/mol. The van der Waals surface area contributed by atoms with E-state index >= 15 is 0 Å². The largest absolute Gasteiger partial charge is 0.366 e. The van der Waals surface area contributed by atoms with Gasteiger partial charge in [0.25, 0.3) is 0 Å². The van der Waals surface area contributed by atoms with Crippen LogP contribution in [0, 0.1) is 0 Å². The minimum Gasteiger partial charge on any atom is -0.366 e. The van der Waals surface area contributed by atoms with Gasteiger partial charge in [-0.15, -0.1) is 0 Å². The fourth-order valence-electron chi connectivity index (χ4n) is 0.681. The minimum atomic E-state index is 1.69. The molecule has 2 aliphatic heterocycles. The molecule has 72 valence electrons. The Balaban J connectivity index is 0.000000140. The Bertz CT molecular complexity index is 248. The van der Waals surface area contributed by atoms with Crippen molar-refractivity contribution in [1.82, 2.24) is 10.7 Å². The van der Waals surface area contributed by atoms with Gasteiger partial charge in [0.1, 0.15) is 0 Å². The molecule has 14 heavy (non-hydrogen) atoms. The van der Waals surface area contributed by atoms with E-state index in [0.29, 0.717) is 0 Å². The van der Waals surface area contributed by atoms with Crippen LogP contribution >= 0.6 is 0 Å². The molecule has 0 saturated heterocycles. The lowest BCUT2D eigenvalue weighted by Crippen LogP contribution is -1.89. The highest BCUT2D eigenvalue weighted by Crippen LogP contribution is 1.76. The highest BCUT2D eigenvalue weighted by atomic mass is 15.3. The van der Waals surface area contributed by atoms with Crippen LogP contribution in [0.1, 0.15) is 0 Å². The quantitative estimate of drug-likeness (QED) is 0.601. The molecule has 0 aromatic carbocycles. The first-order chi connectivity index (χ1) is 7.00. The summed E-state index contributed by atoms with van der Waals surface area (Å²) in [7, 11) is 0. The molecule has 0 unspecified atom stereocenters. The zero-order chi connectivity index (χ0) is 9.90. The van der Waals surface area contributed by atoms with Gasteiger partial charge < -0.3 is 5.32 Å². The van der Waals surface area contributed by atoms with E-state index in [1.807, 2.05) is 30.5 Å². The Morgan fingerprint density at radius 2 is 1.79 bits per heavy atom. The molecule has 2 aliphatic rings. The van der Waals surface area contributed by atoms with Crippen LogP contribution in [0.15, 0.2) is 59.2 Å². The van der Waals surface area contributed by atoms with Crippen molar-refractivity contribution in [2.75, 3.05) is 0 Å². The number of nitrogens with zero attached hydrogens (tertiary/aromatic N) is 2. The Morgan fingerprint density at radius 1 is 0.786 bits per heavy atom. The second kappa shape index (κ2) is 7.54. The van der Waals surface area contributed by atoms with Crippen molar-refractivity contribution >= 4 is 12.4 Å². The fourth-order valence-corrected chi connectivity index (χ4v) is 0.681. The standard InChI is InChI=1S/2C5H6N2/c1-2-6-4-5-7-3-1;1-2-4-6-7-5-3-1/h2*1-6H. The average Bonchev–Trinajstić information content (AvgIpc) is 2.68. The van der Waals surface area contributed by atoms with E-state index < -0.39 is 0 Å². The molecular formula is C10H12N4. The van der Waals surface area contributed by atoms with Gasteiger partial charge in [0.2, 0.25) is 0 Å². The molecule has 2 heterocycles. The molecule has 2 rings (SSSR count). The molecule has 2 N–H and O–H groups in total. The van der Waals surface area contributed by atoms with Gasteiger partial charge in [-0.05, 0) is 18.2 Å². The maximum Gasteiger partial charge on any atom is 0.0472 e. The summed E-state index contributed by atoms with van der Waals surface area (Å²) in [4.78, 5) is 3.82. The summed E-state index contributed by atoms with van der Waals surface area (Å²) < 4.78 is 0. The van der Waals surface area contributed by atoms with E-state index in [9.17, 15) is 0 Å². The van der Waals surface area contributed by atoms with Crippen molar-refractivity contribution in [1.29, 1.82) is 0 Å². The first kappa shape index (κ1) is 9.98. The van der Waals surface area contributed by atoms with Gasteiger partial charge in [0.05, 0.1) is 0 Å². The first-order valence-corrected chi connectivity index (χ1v) is 4.20. The smallest absolute Gasteiger partial charge is 0.0472 e. The van der Waals surface area contributed by atoms with Gasteiger partial charge in [-0.2, -0.15) is 5.10 Å². The van der Waals surface area contributed by atoms with Gasteiger partial charge in [0, 0.05) is 37.2 Å². The van der Waals surface area contributed by atoms with Gasteiger partial charge in [-0.25, -0.2) is 0 Å². The van der Waals surface area contributed by atoms with Crippen LogP contribution < -0.4 is 10.7 Å². The van der Waals surface area contributed by atoms with Crippen molar-refractivity contribution in [3.05, 3.63) is 49.1 Å². The van der Waals surface area contributed by atoms with Gasteiger partial charge >= 0.3 is 0 Å². The Hall–Kier alpha value is -2.10. The van der Waals surface area contributed by atoms with Crippen LogP contribution in [0.5, 0.6) is 0 Å². The molecule has 0 spiro atoms. The lowest BCUT2D eigenvalue weighted by molar-refractivity contribution is 0.980. The molecule has 4 heteroatoms. The lowest BCUT2D eigenvalue weighted by Gasteiger charge is -1.78. The normalized spacial score (nSPS) is 16.0. The number of allylic oxidation sites excluding steroid dienone is 4. The number of nitrogens with one attached hydrogen (secondary N) is 2. The summed E-state index contributed by atoms with van der Waals surface area (Å²) in [5.41, 5.74) is 2.67. The van der Waals surface area contributed by atoms with Crippen LogP contribution in [-0.2, 0) is 0 Å². The monoisotopic (exact) mass is 188 g/mol. The zero-order valence-corrected chi connectivity index (χ0v) is 7.67. The highest BCUT2D eigenvalue weighted by Gasteiger charge is 1.68. The maximum absolute atomic E-state index is 3.82. The summed E-state index contributed by atoms with van der Waals surface area (Å²) in [6, 6.07) is 0. The topological polar surface area (TPSA) is 48.8 Å². The highest BCUT2D eigenvalue weighted by molar-refractivity contribution is 5.72. The van der Waals surface area contributed by atoms with E-state index in [2.05, 4.69) is 20.8 Å². The van der Waals surface area contributed by atoms with Crippen LogP contribution in [0.2, 0.25) is 0 Å². The molecule has 0 aromatic rings. The molecule has 4 nitrogen and oxygen atoms in total. The molecule has 0 radical (unpaired) electrons. The number of hydrazone groups is 1. The molecule has 0 atom stereocenters. The van der Waals surface area contributed by atoms with Crippen LogP contribution in [0.3, 0.4) is 0 Å². The van der Waals surface area contributed by atoms with E-state index in [-0.39, 0.29) is 0 Å². The summed E-state index contributed by atoms with van der Waals surface area (Å²) in [6.07, 6.45) is 17.9. The second-order valence-electron chi connectivity index (χ2n) is 2.29. The first-order valence-electron chi connectivity index (χ1n) is 4.20. The third-order valence-corrected chi connectivity index (χ3v) is 1.25. The number of hydrogen-bond donors (Lipinski definition) is 2. The minimum absolute atomic E-state index is 1.69. The molecule has 0 aliphatic carbocycles. The fraction of sp³-hybridized carbons (Fsp3) is 0. The Labute approximate surface area is 83.1 Å². The summed E-state index contributed by atoms with van der Waals surface area (Å²) >= 11 is 0. The predicted octanol–water partition coefficient (Wildman–Crippen LogP) is 1.29. The molecule has 0 saturated carbocycles. The predicted molar refractivity (Wildman–Crippen MR) is 59.8 cm³/mol. The molecular weight excluding hydrogens is 176 g/mol. The maximum atomic E-state index is 3.82. The molecule has 0 amide bonds.